The van der Waals surface area contributed by atoms with Gasteiger partial charge < -0.3 is 9.90 Å². The Kier molecular flexibility index (Phi) is 8.67. The zero-order chi connectivity index (χ0) is 13.7. The van der Waals surface area contributed by atoms with Crippen molar-refractivity contribution in [2.45, 2.75) is 40.4 Å². The molecular formula is C14H22O2SiZn. The van der Waals surface area contributed by atoms with Crippen LogP contribution >= 0.6 is 0 Å². The number of rotatable bonds is 1. The van der Waals surface area contributed by atoms with Gasteiger partial charge in [-0.1, -0.05) is 40.4 Å². The molecule has 0 aliphatic heterocycles. The van der Waals surface area contributed by atoms with Crippen molar-refractivity contribution in [2.24, 2.45) is 5.41 Å². The molecule has 1 aromatic carbocycles. The number of hydrogen-bond acceptors (Lipinski definition) is 2. The number of hydrogen-bond donors (Lipinski definition) is 0. The second-order valence-electron chi connectivity index (χ2n) is 6.08. The molecule has 0 saturated carbocycles. The van der Waals surface area contributed by atoms with E-state index in [1.165, 1.54) is 5.19 Å². The maximum absolute atomic E-state index is 9.91. The molecule has 0 unspecified atom stereocenters. The van der Waals surface area contributed by atoms with Gasteiger partial charge in [-0.3, -0.25) is 0 Å². The van der Waals surface area contributed by atoms with E-state index in [1.54, 1.807) is 20.8 Å². The van der Waals surface area contributed by atoms with Gasteiger partial charge in [-0.25, -0.2) is 0 Å². The Bertz CT molecular complexity index is 350. The first-order valence-electron chi connectivity index (χ1n) is 5.73. The molecule has 0 bridgehead atoms. The first kappa shape index (κ1) is 19.9. The van der Waals surface area contributed by atoms with Crippen LogP contribution in [0.4, 0.5) is 0 Å². The first-order chi connectivity index (χ1) is 7.55. The van der Waals surface area contributed by atoms with Gasteiger partial charge in [0.25, 0.3) is 0 Å². The monoisotopic (exact) mass is 314 g/mol. The summed E-state index contributed by atoms with van der Waals surface area (Å²) in [5.41, 5.74) is -0.694. The molecule has 0 amide bonds. The SMILES string of the molecule is CC(C)(C)C(=O)[O-].C[Si](C)(C)c1cc[c-]cc1.[Zn+2]. The standard InChI is InChI=1S/C9H13Si.C5H10O2.Zn/c1-10(2,3)9-7-5-4-6-8-9;1-5(2,3)4(6)7;/h5-8H,1-3H3;1-3H3,(H,6,7);/q-1;;+2/p-1. The molecule has 0 N–H and O–H groups in total. The summed E-state index contributed by atoms with van der Waals surface area (Å²) in [4.78, 5) is 9.91. The summed E-state index contributed by atoms with van der Waals surface area (Å²) in [7, 11) is -1.05. The normalized spacial score (nSPS) is 10.8. The quantitative estimate of drug-likeness (QED) is 0.586. The van der Waals surface area contributed by atoms with Gasteiger partial charge in [0.05, 0.1) is 8.07 Å². The van der Waals surface area contributed by atoms with Crippen LogP contribution in [0.3, 0.4) is 0 Å². The molecule has 0 atom stereocenters. The second-order valence-corrected chi connectivity index (χ2v) is 11.2. The van der Waals surface area contributed by atoms with Crippen molar-refractivity contribution in [3.8, 4) is 0 Å². The largest absolute Gasteiger partial charge is 2.00 e. The van der Waals surface area contributed by atoms with Crippen molar-refractivity contribution in [1.82, 2.24) is 0 Å². The molecule has 4 heteroatoms. The molecule has 0 aromatic heterocycles. The van der Waals surface area contributed by atoms with E-state index in [4.69, 9.17) is 0 Å². The fourth-order valence-electron chi connectivity index (χ4n) is 0.887. The van der Waals surface area contributed by atoms with Crippen LogP contribution in [0.15, 0.2) is 24.3 Å². The number of carbonyl (C=O) groups is 1. The Hall–Kier alpha value is -0.470. The minimum Gasteiger partial charge on any atom is -0.550 e. The molecule has 0 spiro atoms. The molecule has 0 aliphatic carbocycles. The summed E-state index contributed by atoms with van der Waals surface area (Å²) in [6.45, 7) is 11.8. The van der Waals surface area contributed by atoms with E-state index in [0.717, 1.165) is 0 Å². The van der Waals surface area contributed by atoms with Gasteiger partial charge in [0, 0.05) is 11.4 Å². The van der Waals surface area contributed by atoms with Crippen LogP contribution in [0.2, 0.25) is 19.6 Å². The van der Waals surface area contributed by atoms with Gasteiger partial charge in [0.1, 0.15) is 0 Å². The van der Waals surface area contributed by atoms with Gasteiger partial charge in [-0.15, -0.1) is 0 Å². The van der Waals surface area contributed by atoms with Crippen molar-refractivity contribution in [3.05, 3.63) is 30.3 Å². The molecule has 18 heavy (non-hydrogen) atoms. The number of carboxylic acid groups (broad SMARTS) is 1. The number of carbonyl (C=O) groups excluding carboxylic acids is 1. The molecule has 0 radical (unpaired) electrons. The first-order valence-corrected chi connectivity index (χ1v) is 9.23. The van der Waals surface area contributed by atoms with E-state index in [-0.39, 0.29) is 19.5 Å². The predicted molar refractivity (Wildman–Crippen MR) is 72.7 cm³/mol. The summed E-state index contributed by atoms with van der Waals surface area (Å²) in [5, 5.41) is 11.4. The summed E-state index contributed by atoms with van der Waals surface area (Å²) in [5.74, 6) is -1.01. The Morgan fingerprint density at radius 1 is 1.17 bits per heavy atom. The van der Waals surface area contributed by atoms with E-state index >= 15 is 0 Å². The molecule has 0 fully saturated rings. The molecule has 0 heterocycles. The van der Waals surface area contributed by atoms with Crippen molar-refractivity contribution in [2.75, 3.05) is 0 Å². The van der Waals surface area contributed by atoms with Crippen LogP contribution in [-0.4, -0.2) is 14.0 Å². The average Bonchev–Trinajstić information content (AvgIpc) is 2.17. The molecular weight excluding hydrogens is 294 g/mol. The van der Waals surface area contributed by atoms with E-state index in [0.29, 0.717) is 0 Å². The zero-order valence-electron chi connectivity index (χ0n) is 12.3. The molecule has 96 valence electrons. The number of benzene rings is 1. The van der Waals surface area contributed by atoms with Crippen LogP contribution in [-0.2, 0) is 24.3 Å². The maximum Gasteiger partial charge on any atom is 2.00 e. The van der Waals surface area contributed by atoms with Crippen LogP contribution < -0.4 is 10.3 Å². The van der Waals surface area contributed by atoms with Crippen LogP contribution in [0.5, 0.6) is 0 Å². The third kappa shape index (κ3) is 8.60. The molecule has 1 aromatic rings. The second kappa shape index (κ2) is 7.85. The number of aliphatic carboxylic acids is 1. The molecule has 0 saturated heterocycles. The average molecular weight is 316 g/mol. The fourth-order valence-corrected chi connectivity index (χ4v) is 2.05. The van der Waals surface area contributed by atoms with E-state index < -0.39 is 19.5 Å². The van der Waals surface area contributed by atoms with E-state index in [9.17, 15) is 9.90 Å². The van der Waals surface area contributed by atoms with Gasteiger partial charge >= 0.3 is 19.5 Å². The third-order valence-corrected chi connectivity index (χ3v) is 4.26. The molecule has 2 nitrogen and oxygen atoms in total. The van der Waals surface area contributed by atoms with E-state index in [2.05, 4.69) is 37.8 Å². The maximum atomic E-state index is 9.91. The zero-order valence-corrected chi connectivity index (χ0v) is 16.3. The van der Waals surface area contributed by atoms with Crippen LogP contribution in [0.25, 0.3) is 0 Å². The number of carboxylic acids is 1. The van der Waals surface area contributed by atoms with Crippen LogP contribution in [0.1, 0.15) is 20.8 Å². The summed E-state index contributed by atoms with van der Waals surface area (Å²) >= 11 is 0. The van der Waals surface area contributed by atoms with Gasteiger partial charge in [-0.2, -0.15) is 35.5 Å². The van der Waals surface area contributed by atoms with Crippen molar-refractivity contribution >= 4 is 19.2 Å². The Balaban J connectivity index is 0. The van der Waals surface area contributed by atoms with Crippen LogP contribution in [0, 0.1) is 11.5 Å². The summed E-state index contributed by atoms with van der Waals surface area (Å²) in [6.07, 6.45) is 0. The molecule has 1 rings (SSSR count). The summed E-state index contributed by atoms with van der Waals surface area (Å²) < 4.78 is 0. The Labute approximate surface area is 125 Å². The van der Waals surface area contributed by atoms with E-state index in [1.807, 2.05) is 12.1 Å². The van der Waals surface area contributed by atoms with Crippen molar-refractivity contribution in [3.63, 3.8) is 0 Å². The van der Waals surface area contributed by atoms with Gasteiger partial charge in [0.2, 0.25) is 0 Å². The topological polar surface area (TPSA) is 40.1 Å². The Morgan fingerprint density at radius 2 is 1.50 bits per heavy atom. The smallest absolute Gasteiger partial charge is 0.550 e. The minimum absolute atomic E-state index is 0. The molecule has 0 aliphatic rings. The van der Waals surface area contributed by atoms with Gasteiger partial charge in [-0.05, 0) is 0 Å². The third-order valence-electron chi connectivity index (χ3n) is 2.20. The minimum atomic E-state index is -1.05. The van der Waals surface area contributed by atoms with Crippen molar-refractivity contribution < 1.29 is 29.4 Å². The Morgan fingerprint density at radius 3 is 1.67 bits per heavy atom. The summed E-state index contributed by atoms with van der Waals surface area (Å²) in [6, 6.07) is 11.4. The predicted octanol–water partition coefficient (Wildman–Crippen LogP) is 1.81. The van der Waals surface area contributed by atoms with Gasteiger partial charge in [0.15, 0.2) is 0 Å². The van der Waals surface area contributed by atoms with Crippen molar-refractivity contribution in [1.29, 1.82) is 0 Å². The fraction of sp³-hybridized carbons (Fsp3) is 0.500.